The molecule has 8 heteroatoms. The fraction of sp³-hybridized carbons (Fsp3) is 0.333. The van der Waals surface area contributed by atoms with E-state index >= 15 is 0 Å². The van der Waals surface area contributed by atoms with Crippen LogP contribution in [0.3, 0.4) is 0 Å². The first kappa shape index (κ1) is 21.1. The SMILES string of the molecule is COC(=O)[C@H](c1ccccc1Cl)N1CCN(C(=O)Nc2ccc(F)cc2C)CC1. The molecule has 1 heterocycles. The predicted octanol–water partition coefficient (Wildman–Crippen LogP) is 3.85. The number of halogens is 2. The lowest BCUT2D eigenvalue weighted by Crippen LogP contribution is -2.52. The Hall–Kier alpha value is -2.64. The Balaban J connectivity index is 1.67. The summed E-state index contributed by atoms with van der Waals surface area (Å²) in [5.41, 5.74) is 1.91. The molecule has 2 aromatic carbocycles. The molecule has 2 amide bonds. The van der Waals surface area contributed by atoms with E-state index in [0.29, 0.717) is 48.0 Å². The fourth-order valence-corrected chi connectivity index (χ4v) is 3.67. The summed E-state index contributed by atoms with van der Waals surface area (Å²) >= 11 is 6.30. The monoisotopic (exact) mass is 419 g/mol. The maximum atomic E-state index is 13.2. The van der Waals surface area contributed by atoms with Crippen molar-refractivity contribution in [3.8, 4) is 0 Å². The summed E-state index contributed by atoms with van der Waals surface area (Å²) in [5, 5.41) is 3.31. The van der Waals surface area contributed by atoms with Gasteiger partial charge in [0, 0.05) is 36.9 Å². The van der Waals surface area contributed by atoms with Gasteiger partial charge in [0.25, 0.3) is 0 Å². The molecule has 6 nitrogen and oxygen atoms in total. The normalized spacial score (nSPS) is 15.7. The zero-order chi connectivity index (χ0) is 21.0. The highest BCUT2D eigenvalue weighted by Gasteiger charge is 2.33. The Morgan fingerprint density at radius 1 is 1.14 bits per heavy atom. The first-order chi connectivity index (χ1) is 13.9. The Kier molecular flexibility index (Phi) is 6.71. The lowest BCUT2D eigenvalue weighted by molar-refractivity contribution is -0.148. The van der Waals surface area contributed by atoms with Gasteiger partial charge in [0.1, 0.15) is 11.9 Å². The van der Waals surface area contributed by atoms with Crippen molar-refractivity contribution < 1.29 is 18.7 Å². The van der Waals surface area contributed by atoms with Crippen LogP contribution in [0, 0.1) is 12.7 Å². The number of carbonyl (C=O) groups excluding carboxylic acids is 2. The largest absolute Gasteiger partial charge is 0.468 e. The molecule has 0 spiro atoms. The van der Waals surface area contributed by atoms with Crippen molar-refractivity contribution in [3.05, 3.63) is 64.4 Å². The van der Waals surface area contributed by atoms with Crippen LogP contribution in [-0.2, 0) is 9.53 Å². The molecular formula is C21H23ClFN3O3. The van der Waals surface area contributed by atoms with E-state index in [1.807, 2.05) is 11.0 Å². The number of amides is 2. The van der Waals surface area contributed by atoms with E-state index in [1.54, 1.807) is 36.1 Å². The second kappa shape index (κ2) is 9.24. The number of aryl methyl sites for hydroxylation is 1. The van der Waals surface area contributed by atoms with Crippen molar-refractivity contribution in [2.75, 3.05) is 38.6 Å². The minimum absolute atomic E-state index is 0.258. The van der Waals surface area contributed by atoms with E-state index in [4.69, 9.17) is 16.3 Å². The van der Waals surface area contributed by atoms with E-state index in [2.05, 4.69) is 5.32 Å². The van der Waals surface area contributed by atoms with Crippen molar-refractivity contribution in [1.82, 2.24) is 9.80 Å². The third-order valence-corrected chi connectivity index (χ3v) is 5.37. The zero-order valence-corrected chi connectivity index (χ0v) is 17.1. The van der Waals surface area contributed by atoms with E-state index in [9.17, 15) is 14.0 Å². The van der Waals surface area contributed by atoms with E-state index < -0.39 is 12.0 Å². The van der Waals surface area contributed by atoms with Crippen LogP contribution in [0.25, 0.3) is 0 Å². The Labute approximate surface area is 174 Å². The van der Waals surface area contributed by atoms with Gasteiger partial charge in [-0.1, -0.05) is 29.8 Å². The number of piperazine rings is 1. The number of benzene rings is 2. The highest BCUT2D eigenvalue weighted by molar-refractivity contribution is 6.31. The van der Waals surface area contributed by atoms with E-state index in [-0.39, 0.29) is 11.8 Å². The Morgan fingerprint density at radius 3 is 2.45 bits per heavy atom. The smallest absolute Gasteiger partial charge is 0.327 e. The first-order valence-corrected chi connectivity index (χ1v) is 9.67. The topological polar surface area (TPSA) is 61.9 Å². The number of esters is 1. The minimum atomic E-state index is -0.627. The standard InChI is InChI=1S/C21H23ClFN3O3/c1-14-13-15(23)7-8-18(14)24-21(28)26-11-9-25(10-12-26)19(20(27)29-2)16-5-3-4-6-17(16)22/h3-8,13,19H,9-12H2,1-2H3,(H,24,28)/t19-/m0/s1. The van der Waals surface area contributed by atoms with Gasteiger partial charge in [-0.05, 0) is 42.3 Å². The number of carbonyl (C=O) groups is 2. The van der Waals surface area contributed by atoms with E-state index in [0.717, 1.165) is 0 Å². The molecule has 0 saturated carbocycles. The van der Waals surface area contributed by atoms with Crippen molar-refractivity contribution in [1.29, 1.82) is 0 Å². The van der Waals surface area contributed by atoms with Crippen LogP contribution in [0.15, 0.2) is 42.5 Å². The minimum Gasteiger partial charge on any atom is -0.468 e. The molecule has 1 N–H and O–H groups in total. The Morgan fingerprint density at radius 2 is 1.83 bits per heavy atom. The van der Waals surface area contributed by atoms with Gasteiger partial charge in [-0.15, -0.1) is 0 Å². The number of ether oxygens (including phenoxy) is 1. The second-order valence-corrected chi connectivity index (χ2v) is 7.27. The molecule has 154 valence electrons. The number of nitrogens with one attached hydrogen (secondary N) is 1. The van der Waals surface area contributed by atoms with E-state index in [1.165, 1.54) is 19.2 Å². The molecular weight excluding hydrogens is 397 g/mol. The number of hydrogen-bond acceptors (Lipinski definition) is 4. The van der Waals surface area contributed by atoms with Gasteiger partial charge in [-0.25, -0.2) is 14.0 Å². The maximum Gasteiger partial charge on any atom is 0.327 e. The Bertz CT molecular complexity index is 900. The third kappa shape index (κ3) is 4.86. The average molecular weight is 420 g/mol. The van der Waals surface area contributed by atoms with Crippen LogP contribution in [0.5, 0.6) is 0 Å². The van der Waals surface area contributed by atoms with Crippen LogP contribution in [0.1, 0.15) is 17.2 Å². The molecule has 0 aliphatic carbocycles. The quantitative estimate of drug-likeness (QED) is 0.764. The van der Waals surface area contributed by atoms with Crippen molar-refractivity contribution in [2.24, 2.45) is 0 Å². The fourth-order valence-electron chi connectivity index (χ4n) is 3.43. The van der Waals surface area contributed by atoms with Gasteiger partial charge >= 0.3 is 12.0 Å². The van der Waals surface area contributed by atoms with Gasteiger partial charge in [0.05, 0.1) is 7.11 Å². The number of nitrogens with zero attached hydrogens (tertiary/aromatic N) is 2. The summed E-state index contributed by atoms with van der Waals surface area (Å²) in [4.78, 5) is 28.6. The third-order valence-electron chi connectivity index (χ3n) is 5.02. The molecule has 2 aromatic rings. The van der Waals surface area contributed by atoms with Crippen LogP contribution in [-0.4, -0.2) is 55.1 Å². The molecule has 1 atom stereocenters. The summed E-state index contributed by atoms with van der Waals surface area (Å²) in [7, 11) is 1.35. The molecule has 29 heavy (non-hydrogen) atoms. The summed E-state index contributed by atoms with van der Waals surface area (Å²) in [6.07, 6.45) is 0. The molecule has 1 saturated heterocycles. The summed E-state index contributed by atoms with van der Waals surface area (Å²) in [6, 6.07) is 10.5. The number of urea groups is 1. The second-order valence-electron chi connectivity index (χ2n) is 6.86. The molecule has 1 aliphatic rings. The molecule has 1 aliphatic heterocycles. The summed E-state index contributed by atoms with van der Waals surface area (Å²) in [5.74, 6) is -0.736. The molecule has 3 rings (SSSR count). The van der Waals surface area contributed by atoms with Gasteiger partial charge in [0.2, 0.25) is 0 Å². The average Bonchev–Trinajstić information content (AvgIpc) is 2.72. The van der Waals surface area contributed by atoms with Crippen LogP contribution < -0.4 is 5.32 Å². The molecule has 0 aromatic heterocycles. The summed E-state index contributed by atoms with van der Waals surface area (Å²) < 4.78 is 18.2. The van der Waals surface area contributed by atoms with Crippen LogP contribution >= 0.6 is 11.6 Å². The zero-order valence-electron chi connectivity index (χ0n) is 16.3. The predicted molar refractivity (Wildman–Crippen MR) is 110 cm³/mol. The van der Waals surface area contributed by atoms with Crippen LogP contribution in [0.2, 0.25) is 5.02 Å². The van der Waals surface area contributed by atoms with Gasteiger partial charge < -0.3 is 15.0 Å². The maximum absolute atomic E-state index is 13.2. The first-order valence-electron chi connectivity index (χ1n) is 9.29. The number of hydrogen-bond donors (Lipinski definition) is 1. The van der Waals surface area contributed by atoms with Crippen molar-refractivity contribution in [2.45, 2.75) is 13.0 Å². The molecule has 0 radical (unpaired) electrons. The lowest BCUT2D eigenvalue weighted by Gasteiger charge is -2.38. The molecule has 0 unspecified atom stereocenters. The van der Waals surface area contributed by atoms with Gasteiger partial charge in [-0.3, -0.25) is 4.90 Å². The van der Waals surface area contributed by atoms with Gasteiger partial charge in [-0.2, -0.15) is 0 Å². The summed E-state index contributed by atoms with van der Waals surface area (Å²) in [6.45, 7) is 3.58. The number of rotatable bonds is 4. The van der Waals surface area contributed by atoms with Crippen molar-refractivity contribution >= 4 is 29.3 Å². The van der Waals surface area contributed by atoms with Crippen molar-refractivity contribution in [3.63, 3.8) is 0 Å². The molecule has 1 fully saturated rings. The lowest BCUT2D eigenvalue weighted by atomic mass is 10.0. The highest BCUT2D eigenvalue weighted by atomic mass is 35.5. The number of methoxy groups -OCH3 is 1. The number of anilines is 1. The molecule has 0 bridgehead atoms. The highest BCUT2D eigenvalue weighted by Crippen LogP contribution is 2.29. The van der Waals surface area contributed by atoms with Gasteiger partial charge in [0.15, 0.2) is 0 Å². The van der Waals surface area contributed by atoms with Crippen LogP contribution in [0.4, 0.5) is 14.9 Å².